The van der Waals surface area contributed by atoms with Gasteiger partial charge in [-0.15, -0.1) is 0 Å². The minimum absolute atomic E-state index is 0.113. The van der Waals surface area contributed by atoms with Crippen LogP contribution < -0.4 is 5.32 Å². The fourth-order valence-electron chi connectivity index (χ4n) is 2.41. The van der Waals surface area contributed by atoms with Crippen molar-refractivity contribution >= 4 is 5.91 Å². The summed E-state index contributed by atoms with van der Waals surface area (Å²) in [5.74, 6) is 0.341. The van der Waals surface area contributed by atoms with E-state index in [-0.39, 0.29) is 12.5 Å². The SMILES string of the molecule is CC(O)(CNC(=O)c1cccc(-c2ncn[nH]2)c1)c1ccccc1. The Morgan fingerprint density at radius 3 is 2.71 bits per heavy atom. The van der Waals surface area contributed by atoms with Gasteiger partial charge in [-0.25, -0.2) is 4.98 Å². The molecule has 3 rings (SSSR count). The van der Waals surface area contributed by atoms with Gasteiger partial charge < -0.3 is 10.4 Å². The van der Waals surface area contributed by atoms with Crippen LogP contribution in [0.15, 0.2) is 60.9 Å². The number of H-pyrrole nitrogens is 1. The van der Waals surface area contributed by atoms with Gasteiger partial charge in [0, 0.05) is 11.1 Å². The van der Waals surface area contributed by atoms with Gasteiger partial charge in [0.2, 0.25) is 0 Å². The quantitative estimate of drug-likeness (QED) is 0.671. The molecule has 0 bridgehead atoms. The third-order valence-corrected chi connectivity index (χ3v) is 3.80. The van der Waals surface area contributed by atoms with Gasteiger partial charge in [-0.2, -0.15) is 5.10 Å². The highest BCUT2D eigenvalue weighted by atomic mass is 16.3. The zero-order valence-electron chi connectivity index (χ0n) is 13.2. The van der Waals surface area contributed by atoms with E-state index >= 15 is 0 Å². The summed E-state index contributed by atoms with van der Waals surface area (Å²) in [6, 6.07) is 16.3. The van der Waals surface area contributed by atoms with E-state index < -0.39 is 5.60 Å². The number of aliphatic hydroxyl groups is 1. The molecule has 0 fully saturated rings. The van der Waals surface area contributed by atoms with Crippen molar-refractivity contribution in [1.82, 2.24) is 20.5 Å². The van der Waals surface area contributed by atoms with Crippen molar-refractivity contribution < 1.29 is 9.90 Å². The summed E-state index contributed by atoms with van der Waals surface area (Å²) in [6.45, 7) is 1.79. The lowest BCUT2D eigenvalue weighted by Crippen LogP contribution is -2.38. The summed E-state index contributed by atoms with van der Waals surface area (Å²) in [5, 5.41) is 19.9. The Morgan fingerprint density at radius 2 is 2.00 bits per heavy atom. The summed E-state index contributed by atoms with van der Waals surface area (Å²) >= 11 is 0. The predicted octanol–water partition coefficient (Wildman–Crippen LogP) is 2.11. The van der Waals surface area contributed by atoms with Crippen LogP contribution in [0.25, 0.3) is 11.4 Å². The van der Waals surface area contributed by atoms with Crippen LogP contribution in [0.5, 0.6) is 0 Å². The number of amides is 1. The molecule has 0 aliphatic rings. The van der Waals surface area contributed by atoms with Crippen molar-refractivity contribution in [2.75, 3.05) is 6.54 Å². The molecule has 1 atom stereocenters. The topological polar surface area (TPSA) is 90.9 Å². The minimum Gasteiger partial charge on any atom is -0.384 e. The number of nitrogens with zero attached hydrogens (tertiary/aromatic N) is 2. The van der Waals surface area contributed by atoms with Crippen molar-refractivity contribution in [3.8, 4) is 11.4 Å². The zero-order valence-corrected chi connectivity index (χ0v) is 13.2. The first kappa shape index (κ1) is 15.9. The lowest BCUT2D eigenvalue weighted by atomic mass is 9.96. The summed E-state index contributed by atoms with van der Waals surface area (Å²) in [6.07, 6.45) is 1.42. The summed E-state index contributed by atoms with van der Waals surface area (Å²) in [7, 11) is 0. The Hall–Kier alpha value is -2.99. The molecule has 2 aromatic carbocycles. The highest BCUT2D eigenvalue weighted by Gasteiger charge is 2.23. The van der Waals surface area contributed by atoms with Crippen LogP contribution in [0.3, 0.4) is 0 Å². The van der Waals surface area contributed by atoms with Crippen molar-refractivity contribution in [3.63, 3.8) is 0 Å². The van der Waals surface area contributed by atoms with Gasteiger partial charge in [-0.1, -0.05) is 42.5 Å². The summed E-state index contributed by atoms with van der Waals surface area (Å²) < 4.78 is 0. The molecule has 0 spiro atoms. The third kappa shape index (κ3) is 3.49. The molecule has 1 aromatic heterocycles. The normalized spacial score (nSPS) is 13.2. The average Bonchev–Trinajstić information content (AvgIpc) is 3.15. The maximum atomic E-state index is 12.4. The Bertz CT molecular complexity index is 814. The molecule has 3 N–H and O–H groups in total. The number of aromatic nitrogens is 3. The van der Waals surface area contributed by atoms with Gasteiger partial charge in [-0.05, 0) is 24.6 Å². The maximum absolute atomic E-state index is 12.4. The first-order chi connectivity index (χ1) is 11.6. The van der Waals surface area contributed by atoms with Crippen LogP contribution in [0.2, 0.25) is 0 Å². The molecule has 122 valence electrons. The molecule has 1 heterocycles. The van der Waals surface area contributed by atoms with Gasteiger partial charge in [0.25, 0.3) is 5.91 Å². The minimum atomic E-state index is -1.14. The van der Waals surface area contributed by atoms with E-state index in [1.807, 2.05) is 36.4 Å². The predicted molar refractivity (Wildman–Crippen MR) is 90.2 cm³/mol. The molecule has 0 saturated heterocycles. The Kier molecular flexibility index (Phi) is 4.39. The van der Waals surface area contributed by atoms with Crippen molar-refractivity contribution in [3.05, 3.63) is 72.1 Å². The van der Waals surface area contributed by atoms with Crippen molar-refractivity contribution in [2.24, 2.45) is 0 Å². The number of benzene rings is 2. The molecule has 6 heteroatoms. The van der Waals surface area contributed by atoms with E-state index in [0.29, 0.717) is 11.4 Å². The van der Waals surface area contributed by atoms with Gasteiger partial charge in [0.05, 0.1) is 6.54 Å². The largest absolute Gasteiger partial charge is 0.384 e. The molecule has 0 saturated carbocycles. The maximum Gasteiger partial charge on any atom is 0.251 e. The second kappa shape index (κ2) is 6.64. The van der Waals surface area contributed by atoms with Crippen LogP contribution in [0, 0.1) is 0 Å². The molecule has 0 aliphatic heterocycles. The Balaban J connectivity index is 1.70. The third-order valence-electron chi connectivity index (χ3n) is 3.80. The smallest absolute Gasteiger partial charge is 0.251 e. The molecular formula is C18H18N4O2. The van der Waals surface area contributed by atoms with E-state index in [1.54, 1.807) is 25.1 Å². The van der Waals surface area contributed by atoms with Crippen molar-refractivity contribution in [1.29, 1.82) is 0 Å². The van der Waals surface area contributed by atoms with Crippen LogP contribution in [-0.4, -0.2) is 32.7 Å². The molecule has 1 amide bonds. The molecule has 24 heavy (non-hydrogen) atoms. The van der Waals surface area contributed by atoms with Crippen LogP contribution in [0.1, 0.15) is 22.8 Å². The zero-order chi connectivity index (χ0) is 17.0. The number of hydrogen-bond acceptors (Lipinski definition) is 4. The monoisotopic (exact) mass is 322 g/mol. The summed E-state index contributed by atoms with van der Waals surface area (Å²) in [4.78, 5) is 16.4. The molecule has 0 aliphatic carbocycles. The number of carbonyl (C=O) groups is 1. The second-order valence-corrected chi connectivity index (χ2v) is 5.74. The first-order valence-electron chi connectivity index (χ1n) is 7.58. The lowest BCUT2D eigenvalue weighted by molar-refractivity contribution is 0.0526. The van der Waals surface area contributed by atoms with Gasteiger partial charge in [-0.3, -0.25) is 9.89 Å². The van der Waals surface area contributed by atoms with Crippen LogP contribution in [-0.2, 0) is 5.60 Å². The van der Waals surface area contributed by atoms with Gasteiger partial charge in [0.1, 0.15) is 11.9 Å². The first-order valence-corrected chi connectivity index (χ1v) is 7.58. The molecule has 0 radical (unpaired) electrons. The van der Waals surface area contributed by atoms with Crippen molar-refractivity contribution in [2.45, 2.75) is 12.5 Å². The van der Waals surface area contributed by atoms with Gasteiger partial charge in [0.15, 0.2) is 5.82 Å². The highest BCUT2D eigenvalue weighted by molar-refractivity contribution is 5.95. The van der Waals surface area contributed by atoms with E-state index in [1.165, 1.54) is 6.33 Å². The highest BCUT2D eigenvalue weighted by Crippen LogP contribution is 2.20. The number of nitrogens with one attached hydrogen (secondary N) is 2. The fraction of sp³-hybridized carbons (Fsp3) is 0.167. The second-order valence-electron chi connectivity index (χ2n) is 5.74. The Morgan fingerprint density at radius 1 is 1.21 bits per heavy atom. The van der Waals surface area contributed by atoms with E-state index in [0.717, 1.165) is 11.1 Å². The lowest BCUT2D eigenvalue weighted by Gasteiger charge is -2.24. The molecular weight excluding hydrogens is 304 g/mol. The fourth-order valence-corrected chi connectivity index (χ4v) is 2.41. The van der Waals surface area contributed by atoms with Gasteiger partial charge >= 0.3 is 0 Å². The number of carbonyl (C=O) groups excluding carboxylic acids is 1. The van der Waals surface area contributed by atoms with E-state index in [9.17, 15) is 9.90 Å². The van der Waals surface area contributed by atoms with Crippen LogP contribution in [0.4, 0.5) is 0 Å². The summed E-state index contributed by atoms with van der Waals surface area (Å²) in [5.41, 5.74) is 0.878. The Labute approximate surface area is 139 Å². The number of hydrogen-bond donors (Lipinski definition) is 3. The van der Waals surface area contributed by atoms with E-state index in [4.69, 9.17) is 0 Å². The van der Waals surface area contributed by atoms with Crippen LogP contribution >= 0.6 is 0 Å². The average molecular weight is 322 g/mol. The number of aromatic amines is 1. The molecule has 3 aromatic rings. The standard InChI is InChI=1S/C18H18N4O2/c1-18(24,15-8-3-2-4-9-15)11-19-17(23)14-7-5-6-13(10-14)16-20-12-21-22-16/h2-10,12,24H,11H2,1H3,(H,19,23)(H,20,21,22). The van der Waals surface area contributed by atoms with E-state index in [2.05, 4.69) is 20.5 Å². The number of rotatable bonds is 5. The molecule has 1 unspecified atom stereocenters. The molecule has 6 nitrogen and oxygen atoms in total.